The van der Waals surface area contributed by atoms with E-state index >= 15 is 0 Å². The zero-order valence-electron chi connectivity index (χ0n) is 11.1. The van der Waals surface area contributed by atoms with Gasteiger partial charge in [-0.15, -0.1) is 0 Å². The number of benzene rings is 1. The lowest BCUT2D eigenvalue weighted by molar-refractivity contribution is -0.0766. The summed E-state index contributed by atoms with van der Waals surface area (Å²) >= 11 is 0. The minimum Gasteiger partial charge on any atom is -0.342 e. The zero-order valence-corrected chi connectivity index (χ0v) is 11.1. The summed E-state index contributed by atoms with van der Waals surface area (Å²) in [6, 6.07) is 10.2. The van der Waals surface area contributed by atoms with Crippen molar-refractivity contribution in [2.75, 3.05) is 0 Å². The lowest BCUT2D eigenvalue weighted by Crippen LogP contribution is -2.31. The van der Waals surface area contributed by atoms with Crippen LogP contribution in [0.1, 0.15) is 39.5 Å². The van der Waals surface area contributed by atoms with Crippen molar-refractivity contribution in [3.63, 3.8) is 0 Å². The highest BCUT2D eigenvalue weighted by molar-refractivity contribution is 5.16. The second-order valence-corrected chi connectivity index (χ2v) is 5.43. The largest absolute Gasteiger partial charge is 0.342 e. The van der Waals surface area contributed by atoms with Crippen molar-refractivity contribution in [1.82, 2.24) is 0 Å². The third-order valence-corrected chi connectivity index (χ3v) is 3.27. The maximum Gasteiger partial charge on any atom is 0.184 e. The minimum atomic E-state index is -0.198. The van der Waals surface area contributed by atoms with E-state index in [-0.39, 0.29) is 18.5 Å². The molecule has 2 nitrogen and oxygen atoms in total. The molecule has 0 spiro atoms. The first-order valence-corrected chi connectivity index (χ1v) is 6.45. The van der Waals surface area contributed by atoms with Gasteiger partial charge >= 0.3 is 0 Å². The maximum absolute atomic E-state index is 6.06. The monoisotopic (exact) mass is 234 g/mol. The molecule has 1 aromatic rings. The quantitative estimate of drug-likeness (QED) is 0.792. The molecule has 0 aromatic heterocycles. The second kappa shape index (κ2) is 5.19. The first kappa shape index (κ1) is 12.6. The summed E-state index contributed by atoms with van der Waals surface area (Å²) in [5.74, 6) is 0.965. The molecule has 1 aromatic carbocycles. The standard InChI is InChI=1S/C15H22O2/c1-10(2)13-14(11(3)4)17-15(16-13)12-8-6-5-7-9-12/h5-11,13-15H,1-4H3/t13-,14+,15-. The van der Waals surface area contributed by atoms with Gasteiger partial charge in [0.2, 0.25) is 0 Å². The lowest BCUT2D eigenvalue weighted by Gasteiger charge is -2.22. The van der Waals surface area contributed by atoms with E-state index in [2.05, 4.69) is 39.8 Å². The van der Waals surface area contributed by atoms with Gasteiger partial charge in [-0.3, -0.25) is 0 Å². The van der Waals surface area contributed by atoms with Crippen molar-refractivity contribution in [2.45, 2.75) is 46.2 Å². The predicted octanol–water partition coefficient (Wildman–Crippen LogP) is 3.78. The van der Waals surface area contributed by atoms with Crippen LogP contribution in [0.25, 0.3) is 0 Å². The Morgan fingerprint density at radius 2 is 1.29 bits per heavy atom. The van der Waals surface area contributed by atoms with Gasteiger partial charge in [-0.05, 0) is 11.8 Å². The third kappa shape index (κ3) is 2.70. The summed E-state index contributed by atoms with van der Waals surface area (Å²) in [6.07, 6.45) is 0.191. The Morgan fingerprint density at radius 1 is 0.824 bits per heavy atom. The second-order valence-electron chi connectivity index (χ2n) is 5.43. The Kier molecular flexibility index (Phi) is 3.85. The molecule has 0 N–H and O–H groups in total. The number of ether oxygens (including phenoxy) is 2. The average molecular weight is 234 g/mol. The summed E-state index contributed by atoms with van der Waals surface area (Å²) < 4.78 is 12.1. The fraction of sp³-hybridized carbons (Fsp3) is 0.600. The van der Waals surface area contributed by atoms with Gasteiger partial charge in [0.25, 0.3) is 0 Å². The normalized spacial score (nSPS) is 29.2. The predicted molar refractivity (Wildman–Crippen MR) is 68.6 cm³/mol. The summed E-state index contributed by atoms with van der Waals surface area (Å²) in [6.45, 7) is 8.76. The Balaban J connectivity index is 2.14. The van der Waals surface area contributed by atoms with Crippen LogP contribution in [0.4, 0.5) is 0 Å². The number of rotatable bonds is 3. The maximum atomic E-state index is 6.06. The van der Waals surface area contributed by atoms with Crippen LogP contribution >= 0.6 is 0 Å². The van der Waals surface area contributed by atoms with Crippen molar-refractivity contribution < 1.29 is 9.47 Å². The number of hydrogen-bond acceptors (Lipinski definition) is 2. The van der Waals surface area contributed by atoms with E-state index in [1.54, 1.807) is 0 Å². The van der Waals surface area contributed by atoms with Crippen LogP contribution in [-0.2, 0) is 9.47 Å². The van der Waals surface area contributed by atoms with Crippen molar-refractivity contribution in [1.29, 1.82) is 0 Å². The highest BCUT2D eigenvalue weighted by Gasteiger charge is 2.39. The van der Waals surface area contributed by atoms with Gasteiger partial charge in [0.05, 0.1) is 12.2 Å². The molecule has 1 saturated heterocycles. The lowest BCUT2D eigenvalue weighted by atomic mass is 9.94. The Bertz CT molecular complexity index is 329. The molecule has 1 heterocycles. The van der Waals surface area contributed by atoms with Gasteiger partial charge in [-0.25, -0.2) is 0 Å². The van der Waals surface area contributed by atoms with E-state index in [9.17, 15) is 0 Å². The third-order valence-electron chi connectivity index (χ3n) is 3.27. The minimum absolute atomic E-state index is 0.195. The van der Waals surface area contributed by atoms with Crippen LogP contribution in [0.3, 0.4) is 0 Å². The fourth-order valence-electron chi connectivity index (χ4n) is 2.31. The topological polar surface area (TPSA) is 18.5 Å². The molecule has 2 rings (SSSR count). The number of hydrogen-bond donors (Lipinski definition) is 0. The summed E-state index contributed by atoms with van der Waals surface area (Å²) in [5.41, 5.74) is 1.11. The summed E-state index contributed by atoms with van der Waals surface area (Å²) in [7, 11) is 0. The van der Waals surface area contributed by atoms with Gasteiger partial charge in [0, 0.05) is 5.56 Å². The van der Waals surface area contributed by atoms with Crippen LogP contribution in [0.15, 0.2) is 30.3 Å². The molecular weight excluding hydrogens is 212 g/mol. The van der Waals surface area contributed by atoms with Crippen LogP contribution in [-0.4, -0.2) is 12.2 Å². The molecule has 2 heteroatoms. The van der Waals surface area contributed by atoms with E-state index in [0.29, 0.717) is 11.8 Å². The molecule has 0 amide bonds. The van der Waals surface area contributed by atoms with E-state index in [1.807, 2.05) is 18.2 Å². The molecule has 0 bridgehead atoms. The van der Waals surface area contributed by atoms with Crippen molar-refractivity contribution in [2.24, 2.45) is 11.8 Å². The zero-order chi connectivity index (χ0) is 12.4. The van der Waals surface area contributed by atoms with Crippen molar-refractivity contribution >= 4 is 0 Å². The molecule has 0 unspecified atom stereocenters. The molecule has 0 radical (unpaired) electrons. The van der Waals surface area contributed by atoms with E-state index in [4.69, 9.17) is 9.47 Å². The van der Waals surface area contributed by atoms with Crippen LogP contribution in [0.5, 0.6) is 0 Å². The van der Waals surface area contributed by atoms with Gasteiger partial charge in [-0.1, -0.05) is 58.0 Å². The molecular formula is C15H22O2. The van der Waals surface area contributed by atoms with E-state index in [0.717, 1.165) is 5.56 Å². The fourth-order valence-corrected chi connectivity index (χ4v) is 2.31. The molecule has 0 saturated carbocycles. The van der Waals surface area contributed by atoms with Crippen LogP contribution in [0.2, 0.25) is 0 Å². The van der Waals surface area contributed by atoms with E-state index < -0.39 is 0 Å². The molecule has 94 valence electrons. The highest BCUT2D eigenvalue weighted by Crippen LogP contribution is 2.37. The van der Waals surface area contributed by atoms with Gasteiger partial charge < -0.3 is 9.47 Å². The van der Waals surface area contributed by atoms with Crippen LogP contribution in [0, 0.1) is 11.8 Å². The molecule has 1 aliphatic rings. The molecule has 1 aliphatic heterocycles. The average Bonchev–Trinajstić information content (AvgIpc) is 2.75. The van der Waals surface area contributed by atoms with Gasteiger partial charge in [-0.2, -0.15) is 0 Å². The first-order chi connectivity index (χ1) is 8.09. The first-order valence-electron chi connectivity index (χ1n) is 6.45. The summed E-state index contributed by atoms with van der Waals surface area (Å²) in [4.78, 5) is 0. The molecule has 0 aliphatic carbocycles. The molecule has 17 heavy (non-hydrogen) atoms. The van der Waals surface area contributed by atoms with Crippen molar-refractivity contribution in [3.05, 3.63) is 35.9 Å². The SMILES string of the molecule is CC(C)[C@H]1O[C@@H](c2ccccc2)O[C@H]1C(C)C. The Labute approximate surface area is 104 Å². The Morgan fingerprint density at radius 3 is 1.71 bits per heavy atom. The van der Waals surface area contributed by atoms with Crippen molar-refractivity contribution in [3.8, 4) is 0 Å². The van der Waals surface area contributed by atoms with Gasteiger partial charge in [0.15, 0.2) is 6.29 Å². The van der Waals surface area contributed by atoms with E-state index in [1.165, 1.54) is 0 Å². The Hall–Kier alpha value is -0.860. The molecule has 1 fully saturated rings. The molecule has 3 atom stereocenters. The van der Waals surface area contributed by atoms with Crippen LogP contribution < -0.4 is 0 Å². The smallest absolute Gasteiger partial charge is 0.184 e. The van der Waals surface area contributed by atoms with Gasteiger partial charge in [0.1, 0.15) is 0 Å². The highest BCUT2D eigenvalue weighted by atomic mass is 16.7. The summed E-state index contributed by atoms with van der Waals surface area (Å²) in [5, 5.41) is 0.